The van der Waals surface area contributed by atoms with Crippen LogP contribution in [0.1, 0.15) is 39.2 Å². The van der Waals surface area contributed by atoms with Crippen molar-refractivity contribution in [1.29, 1.82) is 0 Å². The molecule has 1 aromatic rings. The van der Waals surface area contributed by atoms with Crippen molar-refractivity contribution in [3.63, 3.8) is 0 Å². The molecule has 0 saturated carbocycles. The summed E-state index contributed by atoms with van der Waals surface area (Å²) in [6, 6.07) is 3.46. The van der Waals surface area contributed by atoms with Gasteiger partial charge < -0.3 is 20.3 Å². The lowest BCUT2D eigenvalue weighted by atomic mass is 10.2. The molecule has 28 heavy (non-hydrogen) atoms. The Morgan fingerprint density at radius 2 is 2.04 bits per heavy atom. The fraction of sp³-hybridized carbons (Fsp3) is 0.684. The van der Waals surface area contributed by atoms with Crippen LogP contribution in [0.25, 0.3) is 0 Å². The van der Waals surface area contributed by atoms with E-state index in [0.717, 1.165) is 38.0 Å². The maximum Gasteiger partial charge on any atom is 0.422 e. The number of nitrogens with one attached hydrogen (secondary N) is 2. The third-order valence-corrected chi connectivity index (χ3v) is 4.26. The van der Waals surface area contributed by atoms with E-state index in [4.69, 9.17) is 0 Å². The number of hydrogen-bond acceptors (Lipinski definition) is 4. The molecule has 0 fully saturated rings. The van der Waals surface area contributed by atoms with Gasteiger partial charge >= 0.3 is 6.18 Å². The number of halogens is 3. The molecule has 0 aliphatic heterocycles. The van der Waals surface area contributed by atoms with Gasteiger partial charge in [-0.15, -0.1) is 0 Å². The minimum Gasteiger partial charge on any atom is -0.468 e. The van der Waals surface area contributed by atoms with E-state index in [2.05, 4.69) is 51.0 Å². The number of alkyl halides is 3. The number of rotatable bonds is 11. The summed E-state index contributed by atoms with van der Waals surface area (Å²) in [6.45, 7) is 8.66. The number of nitrogens with zero attached hydrogens (tertiary/aromatic N) is 3. The molecule has 0 aromatic carbocycles. The first-order valence-electron chi connectivity index (χ1n) is 9.61. The predicted molar refractivity (Wildman–Crippen MR) is 106 cm³/mol. The van der Waals surface area contributed by atoms with Crippen LogP contribution in [0.4, 0.5) is 13.2 Å². The Kier molecular flexibility index (Phi) is 10.7. The number of guanidine groups is 1. The van der Waals surface area contributed by atoms with Crippen molar-refractivity contribution in [3.05, 3.63) is 23.9 Å². The Balaban J connectivity index is 2.43. The van der Waals surface area contributed by atoms with Gasteiger partial charge in [0.25, 0.3) is 0 Å². The Labute approximate surface area is 165 Å². The molecule has 2 N–H and O–H groups in total. The Bertz CT molecular complexity index is 591. The van der Waals surface area contributed by atoms with E-state index in [1.165, 1.54) is 12.3 Å². The highest BCUT2D eigenvalue weighted by atomic mass is 19.4. The average Bonchev–Trinajstić information content (AvgIpc) is 2.66. The Morgan fingerprint density at radius 3 is 2.64 bits per heavy atom. The van der Waals surface area contributed by atoms with Gasteiger partial charge in [0, 0.05) is 31.9 Å². The predicted octanol–water partition coefficient (Wildman–Crippen LogP) is 3.20. The van der Waals surface area contributed by atoms with Gasteiger partial charge in [0.05, 0.1) is 0 Å². The number of pyridine rings is 1. The molecule has 0 aliphatic carbocycles. The second-order valence-corrected chi connectivity index (χ2v) is 6.55. The van der Waals surface area contributed by atoms with Gasteiger partial charge in [0.15, 0.2) is 12.6 Å². The second kappa shape index (κ2) is 12.4. The van der Waals surface area contributed by atoms with E-state index in [0.29, 0.717) is 12.5 Å². The molecule has 160 valence electrons. The van der Waals surface area contributed by atoms with Gasteiger partial charge in [-0.1, -0.05) is 13.8 Å². The highest BCUT2D eigenvalue weighted by Crippen LogP contribution is 2.17. The molecule has 1 aromatic heterocycles. The molecule has 0 saturated heterocycles. The van der Waals surface area contributed by atoms with Crippen molar-refractivity contribution >= 4 is 5.96 Å². The zero-order valence-corrected chi connectivity index (χ0v) is 17.1. The summed E-state index contributed by atoms with van der Waals surface area (Å²) in [5.74, 6) is 0.592. The zero-order chi connectivity index (χ0) is 21.0. The first kappa shape index (κ1) is 24.0. The highest BCUT2D eigenvalue weighted by Gasteiger charge is 2.28. The molecule has 0 bridgehead atoms. The monoisotopic (exact) mass is 403 g/mol. The molecule has 9 heteroatoms. The minimum absolute atomic E-state index is 0.0515. The second-order valence-electron chi connectivity index (χ2n) is 6.55. The molecular weight excluding hydrogens is 371 g/mol. The van der Waals surface area contributed by atoms with Crippen molar-refractivity contribution < 1.29 is 17.9 Å². The number of ether oxygens (including phenoxy) is 1. The molecule has 1 heterocycles. The first-order chi connectivity index (χ1) is 13.3. The maximum atomic E-state index is 12.2. The SMILES string of the molecule is CCN(CC)CCCC(C)NC(=NC)NCc1ccnc(OCC(F)(F)F)c1. The Morgan fingerprint density at radius 1 is 1.32 bits per heavy atom. The molecule has 0 aliphatic rings. The average molecular weight is 403 g/mol. The van der Waals surface area contributed by atoms with Crippen molar-refractivity contribution in [2.75, 3.05) is 33.3 Å². The highest BCUT2D eigenvalue weighted by molar-refractivity contribution is 5.79. The smallest absolute Gasteiger partial charge is 0.422 e. The van der Waals surface area contributed by atoms with Gasteiger partial charge in [-0.25, -0.2) is 4.98 Å². The molecule has 0 spiro atoms. The van der Waals surface area contributed by atoms with Crippen LogP contribution in [0.5, 0.6) is 5.88 Å². The van der Waals surface area contributed by atoms with Crippen molar-refractivity contribution in [3.8, 4) is 5.88 Å². The van der Waals surface area contributed by atoms with Crippen molar-refractivity contribution in [1.82, 2.24) is 20.5 Å². The molecule has 1 rings (SSSR count). The maximum absolute atomic E-state index is 12.2. The molecule has 0 amide bonds. The summed E-state index contributed by atoms with van der Waals surface area (Å²) in [6.07, 6.45) is -0.850. The van der Waals surface area contributed by atoms with E-state index in [1.54, 1.807) is 13.1 Å². The third-order valence-electron chi connectivity index (χ3n) is 4.26. The largest absolute Gasteiger partial charge is 0.468 e. The van der Waals surface area contributed by atoms with Gasteiger partial charge in [0.1, 0.15) is 0 Å². The van der Waals surface area contributed by atoms with Crippen LogP contribution in [0.2, 0.25) is 0 Å². The molecule has 1 unspecified atom stereocenters. The van der Waals surface area contributed by atoms with Crippen molar-refractivity contribution in [2.45, 2.75) is 52.4 Å². The summed E-state index contributed by atoms with van der Waals surface area (Å²) in [5, 5.41) is 6.49. The summed E-state index contributed by atoms with van der Waals surface area (Å²) >= 11 is 0. The van der Waals surface area contributed by atoms with Crippen LogP contribution in [-0.2, 0) is 6.54 Å². The topological polar surface area (TPSA) is 61.8 Å². The number of aliphatic imine (C=N–C) groups is 1. The Hall–Kier alpha value is -2.03. The fourth-order valence-corrected chi connectivity index (χ4v) is 2.64. The minimum atomic E-state index is -4.39. The van der Waals surface area contributed by atoms with Crippen LogP contribution in [-0.4, -0.2) is 61.4 Å². The normalized spacial score (nSPS) is 13.5. The van der Waals surface area contributed by atoms with E-state index < -0.39 is 12.8 Å². The summed E-state index contributed by atoms with van der Waals surface area (Å²) < 4.78 is 41.4. The lowest BCUT2D eigenvalue weighted by Gasteiger charge is -2.21. The fourth-order valence-electron chi connectivity index (χ4n) is 2.64. The van der Waals surface area contributed by atoms with E-state index in [1.807, 2.05) is 0 Å². The van der Waals surface area contributed by atoms with Crippen LogP contribution in [0, 0.1) is 0 Å². The van der Waals surface area contributed by atoms with Crippen molar-refractivity contribution in [2.24, 2.45) is 4.99 Å². The molecular formula is C19H32F3N5O. The lowest BCUT2D eigenvalue weighted by Crippen LogP contribution is -2.42. The van der Waals surface area contributed by atoms with Gasteiger partial charge in [-0.3, -0.25) is 4.99 Å². The van der Waals surface area contributed by atoms with Crippen LogP contribution in [0.15, 0.2) is 23.3 Å². The molecule has 1 atom stereocenters. The summed E-state index contributed by atoms with van der Waals surface area (Å²) in [4.78, 5) is 10.4. The van der Waals surface area contributed by atoms with Crippen LogP contribution < -0.4 is 15.4 Å². The first-order valence-corrected chi connectivity index (χ1v) is 9.61. The van der Waals surface area contributed by atoms with E-state index in [9.17, 15) is 13.2 Å². The number of hydrogen-bond donors (Lipinski definition) is 2. The van der Waals surface area contributed by atoms with E-state index >= 15 is 0 Å². The third kappa shape index (κ3) is 10.3. The number of aromatic nitrogens is 1. The van der Waals surface area contributed by atoms with E-state index in [-0.39, 0.29) is 11.9 Å². The summed E-state index contributed by atoms with van der Waals surface area (Å²) in [5.41, 5.74) is 0.754. The standard InChI is InChI=1S/C19H32F3N5O/c1-5-27(6-2)11-7-8-15(3)26-18(23-4)25-13-16-9-10-24-17(12-16)28-14-19(20,21)22/h9-10,12,15H,5-8,11,13-14H2,1-4H3,(H2,23,25,26). The summed E-state index contributed by atoms with van der Waals surface area (Å²) in [7, 11) is 1.68. The van der Waals surface area contributed by atoms with Gasteiger partial charge in [-0.05, 0) is 51.0 Å². The molecule has 0 radical (unpaired) electrons. The van der Waals surface area contributed by atoms with Crippen LogP contribution in [0.3, 0.4) is 0 Å². The van der Waals surface area contributed by atoms with Gasteiger partial charge in [-0.2, -0.15) is 13.2 Å². The lowest BCUT2D eigenvalue weighted by molar-refractivity contribution is -0.154. The quantitative estimate of drug-likeness (QED) is 0.439. The zero-order valence-electron chi connectivity index (χ0n) is 17.1. The van der Waals surface area contributed by atoms with Crippen LogP contribution >= 0.6 is 0 Å². The van der Waals surface area contributed by atoms with Gasteiger partial charge in [0.2, 0.25) is 5.88 Å². The molecule has 6 nitrogen and oxygen atoms in total.